The molecule has 0 saturated carbocycles. The molecule has 0 aromatic rings. The molecule has 6 heteroatoms. The number of unbranched alkanes of at least 4 members (excludes halogenated alkanes) is 3. The lowest BCUT2D eigenvalue weighted by molar-refractivity contribution is -0.139. The van der Waals surface area contributed by atoms with E-state index < -0.39 is 11.9 Å². The Hall–Kier alpha value is -2.60. The zero-order valence-electron chi connectivity index (χ0n) is 12.2. The minimum Gasteiger partial charge on any atom is -0.465 e. The van der Waals surface area contributed by atoms with E-state index in [4.69, 9.17) is 15.3 Å². The van der Waals surface area contributed by atoms with Crippen LogP contribution in [0.2, 0.25) is 0 Å². The van der Waals surface area contributed by atoms with E-state index in [-0.39, 0.29) is 17.8 Å². The van der Waals surface area contributed by atoms with Crippen molar-refractivity contribution in [1.82, 2.24) is 0 Å². The van der Waals surface area contributed by atoms with Crippen molar-refractivity contribution < 1.29 is 19.1 Å². The normalized spacial score (nSPS) is 11.2. The molecule has 0 saturated heterocycles. The van der Waals surface area contributed by atoms with Gasteiger partial charge in [-0.2, -0.15) is 10.5 Å². The number of ether oxygens (including phenoxy) is 2. The van der Waals surface area contributed by atoms with Crippen molar-refractivity contribution in [3.05, 3.63) is 23.3 Å². The first kappa shape index (κ1) is 18.4. The third kappa shape index (κ3) is 7.54. The molecule has 0 spiro atoms. The van der Waals surface area contributed by atoms with Crippen LogP contribution in [0.3, 0.4) is 0 Å². The Morgan fingerprint density at radius 2 is 1.57 bits per heavy atom. The third-order valence-electron chi connectivity index (χ3n) is 2.51. The molecular weight excluding hydrogens is 272 g/mol. The van der Waals surface area contributed by atoms with E-state index in [0.717, 1.165) is 44.9 Å². The fourth-order valence-electron chi connectivity index (χ4n) is 1.35. The molecule has 0 bridgehead atoms. The van der Waals surface area contributed by atoms with Crippen LogP contribution in [0.15, 0.2) is 23.3 Å². The summed E-state index contributed by atoms with van der Waals surface area (Å²) in [6.07, 6.45) is 5.96. The minimum absolute atomic E-state index is 0.240. The lowest BCUT2D eigenvalue weighted by Crippen LogP contribution is -2.08. The summed E-state index contributed by atoms with van der Waals surface area (Å²) in [4.78, 5) is 22.8. The second-order valence-corrected chi connectivity index (χ2v) is 4.07. The standard InChI is InChI=1S/C15H18N2O4/c1-3-4-5-6-9-21-15(19)13(11-17)8-7-12(10-16)14(18)20-2/h7-8H,3-6,9H2,1-2H3/b12-7+,13-8+. The van der Waals surface area contributed by atoms with E-state index in [9.17, 15) is 9.59 Å². The van der Waals surface area contributed by atoms with Crippen LogP contribution in [0, 0.1) is 22.7 Å². The SMILES string of the molecule is CCCCCCOC(=O)/C(C#N)=C/C=C(\C#N)C(=O)OC. The number of hydrogen-bond acceptors (Lipinski definition) is 6. The van der Waals surface area contributed by atoms with Crippen molar-refractivity contribution in [2.45, 2.75) is 32.6 Å². The largest absolute Gasteiger partial charge is 0.465 e. The fraction of sp³-hybridized carbons (Fsp3) is 0.467. The van der Waals surface area contributed by atoms with Crippen LogP contribution in [-0.2, 0) is 19.1 Å². The molecule has 0 unspecified atom stereocenters. The molecule has 0 heterocycles. The van der Waals surface area contributed by atoms with Gasteiger partial charge >= 0.3 is 11.9 Å². The molecule has 0 aromatic heterocycles. The molecule has 0 aromatic carbocycles. The van der Waals surface area contributed by atoms with Gasteiger partial charge in [-0.3, -0.25) is 0 Å². The first-order chi connectivity index (χ1) is 10.1. The van der Waals surface area contributed by atoms with Crippen molar-refractivity contribution in [3.63, 3.8) is 0 Å². The van der Waals surface area contributed by atoms with Gasteiger partial charge in [-0.1, -0.05) is 26.2 Å². The molecule has 6 nitrogen and oxygen atoms in total. The number of rotatable bonds is 8. The number of carbonyl (C=O) groups is 2. The van der Waals surface area contributed by atoms with Crippen LogP contribution in [0.5, 0.6) is 0 Å². The average Bonchev–Trinajstić information content (AvgIpc) is 2.50. The summed E-state index contributed by atoms with van der Waals surface area (Å²) >= 11 is 0. The van der Waals surface area contributed by atoms with E-state index >= 15 is 0 Å². The van der Waals surface area contributed by atoms with Gasteiger partial charge in [0.05, 0.1) is 13.7 Å². The van der Waals surface area contributed by atoms with Gasteiger partial charge in [-0.05, 0) is 18.6 Å². The zero-order chi connectivity index (χ0) is 16.1. The number of hydrogen-bond donors (Lipinski definition) is 0. The molecule has 21 heavy (non-hydrogen) atoms. The predicted molar refractivity (Wildman–Crippen MR) is 74.5 cm³/mol. The zero-order valence-corrected chi connectivity index (χ0v) is 12.2. The molecule has 0 rings (SSSR count). The van der Waals surface area contributed by atoms with E-state index in [1.165, 1.54) is 0 Å². The highest BCUT2D eigenvalue weighted by Crippen LogP contribution is 2.04. The number of methoxy groups -OCH3 is 1. The van der Waals surface area contributed by atoms with Gasteiger partial charge < -0.3 is 9.47 Å². The third-order valence-corrected chi connectivity index (χ3v) is 2.51. The monoisotopic (exact) mass is 290 g/mol. The molecule has 112 valence electrons. The highest BCUT2D eigenvalue weighted by molar-refractivity contribution is 5.95. The molecule has 0 radical (unpaired) electrons. The molecule has 0 aliphatic heterocycles. The van der Waals surface area contributed by atoms with Crippen LogP contribution in [0.4, 0.5) is 0 Å². The predicted octanol–water partition coefficient (Wildman–Crippen LogP) is 2.18. The fourth-order valence-corrected chi connectivity index (χ4v) is 1.35. The van der Waals surface area contributed by atoms with Gasteiger partial charge in [0.2, 0.25) is 0 Å². The first-order valence-corrected chi connectivity index (χ1v) is 6.58. The first-order valence-electron chi connectivity index (χ1n) is 6.58. The summed E-state index contributed by atoms with van der Waals surface area (Å²) in [5.41, 5.74) is -0.580. The lowest BCUT2D eigenvalue weighted by Gasteiger charge is -2.02. The summed E-state index contributed by atoms with van der Waals surface area (Å²) in [7, 11) is 1.13. The van der Waals surface area contributed by atoms with E-state index in [0.29, 0.717) is 0 Å². The van der Waals surface area contributed by atoms with Gasteiger partial charge in [0, 0.05) is 0 Å². The maximum atomic E-state index is 11.6. The lowest BCUT2D eigenvalue weighted by atomic mass is 10.2. The van der Waals surface area contributed by atoms with Crippen LogP contribution in [0.1, 0.15) is 32.6 Å². The number of carbonyl (C=O) groups excluding carboxylic acids is 2. The number of nitriles is 2. The number of esters is 2. The topological polar surface area (TPSA) is 100 Å². The van der Waals surface area contributed by atoms with Crippen LogP contribution >= 0.6 is 0 Å². The van der Waals surface area contributed by atoms with Gasteiger partial charge in [-0.25, -0.2) is 9.59 Å². The molecule has 0 N–H and O–H groups in total. The van der Waals surface area contributed by atoms with Crippen LogP contribution in [0.25, 0.3) is 0 Å². The van der Waals surface area contributed by atoms with Gasteiger partial charge in [-0.15, -0.1) is 0 Å². The highest BCUT2D eigenvalue weighted by Gasteiger charge is 2.11. The molecular formula is C15H18N2O4. The van der Waals surface area contributed by atoms with Crippen molar-refractivity contribution in [1.29, 1.82) is 10.5 Å². The van der Waals surface area contributed by atoms with Gasteiger partial charge in [0.1, 0.15) is 23.3 Å². The Bertz CT molecular complexity index is 507. The van der Waals surface area contributed by atoms with E-state index in [2.05, 4.69) is 11.7 Å². The van der Waals surface area contributed by atoms with Crippen molar-refractivity contribution in [2.75, 3.05) is 13.7 Å². The van der Waals surface area contributed by atoms with Crippen LogP contribution < -0.4 is 0 Å². The minimum atomic E-state index is -0.834. The molecule has 0 atom stereocenters. The Kier molecular flexibility index (Phi) is 9.85. The summed E-state index contributed by atoms with van der Waals surface area (Å²) in [5, 5.41) is 17.6. The average molecular weight is 290 g/mol. The second kappa shape index (κ2) is 11.2. The van der Waals surface area contributed by atoms with Crippen molar-refractivity contribution in [3.8, 4) is 12.1 Å². The van der Waals surface area contributed by atoms with E-state index in [1.807, 2.05) is 0 Å². The molecule has 0 fully saturated rings. The maximum absolute atomic E-state index is 11.6. The Balaban J connectivity index is 4.62. The summed E-state index contributed by atoms with van der Waals surface area (Å²) < 4.78 is 9.31. The Morgan fingerprint density at radius 1 is 1.00 bits per heavy atom. The smallest absolute Gasteiger partial charge is 0.348 e. The number of allylic oxidation sites excluding steroid dienone is 2. The summed E-state index contributed by atoms with van der Waals surface area (Å²) in [6, 6.07) is 3.29. The molecule has 0 aliphatic rings. The quantitative estimate of drug-likeness (QED) is 0.223. The molecule has 0 amide bonds. The summed E-state index contributed by atoms with van der Waals surface area (Å²) in [5.74, 6) is -1.61. The van der Waals surface area contributed by atoms with E-state index in [1.54, 1.807) is 12.1 Å². The maximum Gasteiger partial charge on any atom is 0.348 e. The van der Waals surface area contributed by atoms with Crippen molar-refractivity contribution >= 4 is 11.9 Å². The van der Waals surface area contributed by atoms with Gasteiger partial charge in [0.25, 0.3) is 0 Å². The highest BCUT2D eigenvalue weighted by atomic mass is 16.5. The summed E-state index contributed by atoms with van der Waals surface area (Å²) in [6.45, 7) is 2.31. The van der Waals surface area contributed by atoms with Crippen LogP contribution in [-0.4, -0.2) is 25.7 Å². The second-order valence-electron chi connectivity index (χ2n) is 4.07. The Morgan fingerprint density at radius 3 is 2.05 bits per heavy atom. The Labute approximate surface area is 124 Å². The van der Waals surface area contributed by atoms with Gasteiger partial charge in [0.15, 0.2) is 0 Å². The van der Waals surface area contributed by atoms with Crippen molar-refractivity contribution in [2.24, 2.45) is 0 Å². The molecule has 0 aliphatic carbocycles. The number of nitrogens with zero attached hydrogens (tertiary/aromatic N) is 2.